The van der Waals surface area contributed by atoms with Gasteiger partial charge in [-0.3, -0.25) is 4.79 Å². The van der Waals surface area contributed by atoms with E-state index in [1.54, 1.807) is 4.90 Å². The van der Waals surface area contributed by atoms with E-state index in [0.717, 1.165) is 32.1 Å². The number of piperidine rings is 1. The van der Waals surface area contributed by atoms with Crippen molar-refractivity contribution in [1.29, 1.82) is 0 Å². The van der Waals surface area contributed by atoms with Crippen molar-refractivity contribution in [3.63, 3.8) is 0 Å². The minimum Gasteiger partial charge on any atom is -0.339 e. The minimum absolute atomic E-state index is 0.0554. The van der Waals surface area contributed by atoms with Crippen LogP contribution < -0.4 is 0 Å². The molecule has 0 spiro atoms. The molecule has 2 aliphatic rings. The molecule has 1 unspecified atom stereocenters. The zero-order valence-electron chi connectivity index (χ0n) is 14.0. The first-order valence-corrected chi connectivity index (χ1v) is 8.98. The number of aromatic nitrogens is 2. The van der Waals surface area contributed by atoms with E-state index in [0.29, 0.717) is 29.7 Å². The molecule has 1 aromatic heterocycles. The highest BCUT2D eigenvalue weighted by Crippen LogP contribution is 2.42. The van der Waals surface area contributed by atoms with Crippen LogP contribution in [0.5, 0.6) is 0 Å². The van der Waals surface area contributed by atoms with Crippen molar-refractivity contribution < 1.29 is 13.7 Å². The number of amides is 1. The van der Waals surface area contributed by atoms with Crippen molar-refractivity contribution in [3.8, 4) is 0 Å². The molecule has 2 aromatic rings. The van der Waals surface area contributed by atoms with Gasteiger partial charge in [-0.15, -0.1) is 0 Å². The van der Waals surface area contributed by atoms with Crippen LogP contribution in [0.2, 0.25) is 5.02 Å². The summed E-state index contributed by atoms with van der Waals surface area (Å²) < 4.78 is 18.8. The van der Waals surface area contributed by atoms with Gasteiger partial charge >= 0.3 is 0 Å². The Morgan fingerprint density at radius 3 is 2.92 bits per heavy atom. The van der Waals surface area contributed by atoms with Crippen LogP contribution in [0.25, 0.3) is 0 Å². The molecule has 0 radical (unpaired) electrons. The lowest BCUT2D eigenvalue weighted by atomic mass is 9.87. The molecule has 132 valence electrons. The van der Waals surface area contributed by atoms with Crippen molar-refractivity contribution in [3.05, 3.63) is 46.3 Å². The molecule has 1 saturated heterocycles. The first-order valence-electron chi connectivity index (χ1n) is 8.60. The summed E-state index contributed by atoms with van der Waals surface area (Å²) in [5.74, 6) is 0.858. The second-order valence-corrected chi connectivity index (χ2v) is 7.45. The Hall–Kier alpha value is -1.95. The average Bonchev–Trinajstić information content (AvgIpc) is 3.33. The zero-order valence-corrected chi connectivity index (χ0v) is 14.7. The highest BCUT2D eigenvalue weighted by molar-refractivity contribution is 6.31. The minimum atomic E-state index is -0.632. The third kappa shape index (κ3) is 2.92. The zero-order chi connectivity index (χ0) is 17.6. The number of rotatable bonds is 3. The molecule has 1 aliphatic heterocycles. The molecule has 1 amide bonds. The molecule has 0 N–H and O–H groups in total. The summed E-state index contributed by atoms with van der Waals surface area (Å²) in [5, 5.41) is 4.11. The average molecular weight is 364 g/mol. The molecular formula is C18H19ClFN3O2. The Labute approximate surface area is 150 Å². The molecule has 7 heteroatoms. The quantitative estimate of drug-likeness (QED) is 0.816. The molecule has 0 bridgehead atoms. The number of nitrogens with zero attached hydrogens (tertiary/aromatic N) is 3. The second-order valence-electron chi connectivity index (χ2n) is 7.05. The Morgan fingerprint density at radius 1 is 1.40 bits per heavy atom. The van der Waals surface area contributed by atoms with Crippen LogP contribution in [0.4, 0.5) is 4.39 Å². The van der Waals surface area contributed by atoms with E-state index in [1.165, 1.54) is 18.2 Å². The summed E-state index contributed by atoms with van der Waals surface area (Å²) in [6.45, 7) is 2.56. The topological polar surface area (TPSA) is 59.2 Å². The predicted molar refractivity (Wildman–Crippen MR) is 89.9 cm³/mol. The van der Waals surface area contributed by atoms with E-state index in [9.17, 15) is 9.18 Å². The third-order valence-electron chi connectivity index (χ3n) is 5.15. The van der Waals surface area contributed by atoms with Gasteiger partial charge in [-0.2, -0.15) is 4.98 Å². The third-order valence-corrected chi connectivity index (χ3v) is 5.44. The fourth-order valence-corrected chi connectivity index (χ4v) is 3.59. The Balaban J connectivity index is 1.67. The molecule has 25 heavy (non-hydrogen) atoms. The molecule has 1 atom stereocenters. The highest BCUT2D eigenvalue weighted by atomic mass is 35.5. The maximum Gasteiger partial charge on any atom is 0.254 e. The lowest BCUT2D eigenvalue weighted by Gasteiger charge is -2.42. The number of halogens is 2. The summed E-state index contributed by atoms with van der Waals surface area (Å²) >= 11 is 5.84. The molecule has 2 heterocycles. The second kappa shape index (κ2) is 6.09. The van der Waals surface area contributed by atoms with Crippen molar-refractivity contribution in [2.75, 3.05) is 6.54 Å². The number of likely N-dealkylation sites (tertiary alicyclic amines) is 1. The van der Waals surface area contributed by atoms with E-state index in [4.69, 9.17) is 16.1 Å². The first kappa shape index (κ1) is 16.5. The van der Waals surface area contributed by atoms with Gasteiger partial charge in [-0.05, 0) is 57.2 Å². The van der Waals surface area contributed by atoms with Gasteiger partial charge in [0.15, 0.2) is 5.82 Å². The van der Waals surface area contributed by atoms with Gasteiger partial charge in [0.25, 0.3) is 5.91 Å². The van der Waals surface area contributed by atoms with E-state index < -0.39 is 11.4 Å². The molecular weight excluding hydrogens is 345 g/mol. The molecule has 4 rings (SSSR count). The fourth-order valence-electron chi connectivity index (χ4n) is 3.41. The van der Waals surface area contributed by atoms with Crippen LogP contribution in [0.15, 0.2) is 22.7 Å². The van der Waals surface area contributed by atoms with Gasteiger partial charge < -0.3 is 9.42 Å². The van der Waals surface area contributed by atoms with Gasteiger partial charge in [-0.1, -0.05) is 16.8 Å². The van der Waals surface area contributed by atoms with Crippen molar-refractivity contribution in [2.24, 2.45) is 0 Å². The number of carbonyl (C=O) groups is 1. The van der Waals surface area contributed by atoms with Gasteiger partial charge in [0.2, 0.25) is 5.89 Å². The van der Waals surface area contributed by atoms with Crippen LogP contribution in [0, 0.1) is 5.82 Å². The summed E-state index contributed by atoms with van der Waals surface area (Å²) in [7, 11) is 0. The van der Waals surface area contributed by atoms with Crippen molar-refractivity contribution in [1.82, 2.24) is 15.0 Å². The van der Waals surface area contributed by atoms with Gasteiger partial charge in [0.1, 0.15) is 11.4 Å². The summed E-state index contributed by atoms with van der Waals surface area (Å²) in [5.41, 5.74) is -0.266. The lowest BCUT2D eigenvalue weighted by Crippen LogP contribution is -2.51. The number of carbonyl (C=O) groups excluding carboxylic acids is 1. The van der Waals surface area contributed by atoms with E-state index in [-0.39, 0.29) is 10.9 Å². The van der Waals surface area contributed by atoms with Gasteiger partial charge in [0, 0.05) is 18.0 Å². The predicted octanol–water partition coefficient (Wildman–Crippen LogP) is 4.28. The number of benzene rings is 1. The largest absolute Gasteiger partial charge is 0.339 e. The maximum absolute atomic E-state index is 13.4. The Morgan fingerprint density at radius 2 is 2.20 bits per heavy atom. The summed E-state index contributed by atoms with van der Waals surface area (Å²) in [6, 6.07) is 4.06. The van der Waals surface area contributed by atoms with Crippen molar-refractivity contribution >= 4 is 17.5 Å². The van der Waals surface area contributed by atoms with E-state index >= 15 is 0 Å². The first-order chi connectivity index (χ1) is 12.0. The lowest BCUT2D eigenvalue weighted by molar-refractivity contribution is 0.0325. The normalized spacial score (nSPS) is 23.7. The molecule has 1 aromatic carbocycles. The van der Waals surface area contributed by atoms with Crippen LogP contribution in [0.3, 0.4) is 0 Å². The van der Waals surface area contributed by atoms with Gasteiger partial charge in [-0.25, -0.2) is 4.39 Å². The van der Waals surface area contributed by atoms with Crippen LogP contribution in [0.1, 0.15) is 67.0 Å². The molecule has 2 fully saturated rings. The SMILES string of the molecule is CC1(c2noc(C3CC3)n2)CCCCN1C(=O)c1ccc(F)c(Cl)c1. The summed E-state index contributed by atoms with van der Waals surface area (Å²) in [6.07, 6.45) is 4.81. The summed E-state index contributed by atoms with van der Waals surface area (Å²) in [4.78, 5) is 19.4. The fraction of sp³-hybridized carbons (Fsp3) is 0.500. The Bertz CT molecular complexity index is 820. The van der Waals surface area contributed by atoms with Crippen LogP contribution in [-0.4, -0.2) is 27.5 Å². The number of hydrogen-bond acceptors (Lipinski definition) is 4. The van der Waals surface area contributed by atoms with Crippen LogP contribution >= 0.6 is 11.6 Å². The molecule has 5 nitrogen and oxygen atoms in total. The Kier molecular flexibility index (Phi) is 4.02. The molecule has 1 aliphatic carbocycles. The maximum atomic E-state index is 13.4. The smallest absolute Gasteiger partial charge is 0.254 e. The highest BCUT2D eigenvalue weighted by Gasteiger charge is 2.44. The van der Waals surface area contributed by atoms with E-state index in [1.807, 2.05) is 6.92 Å². The van der Waals surface area contributed by atoms with Crippen molar-refractivity contribution in [2.45, 2.75) is 50.5 Å². The van der Waals surface area contributed by atoms with Gasteiger partial charge in [0.05, 0.1) is 5.02 Å². The number of hydrogen-bond donors (Lipinski definition) is 0. The van der Waals surface area contributed by atoms with Crippen LogP contribution in [-0.2, 0) is 5.54 Å². The monoisotopic (exact) mass is 363 g/mol. The standard InChI is InChI=1S/C18H19ClFN3O2/c1-18(17-21-15(25-22-17)11-4-5-11)8-2-3-9-23(18)16(24)12-6-7-14(20)13(19)10-12/h6-7,10-11H,2-5,8-9H2,1H3. The molecule has 1 saturated carbocycles. The van der Waals surface area contributed by atoms with E-state index in [2.05, 4.69) is 10.1 Å².